The zero-order chi connectivity index (χ0) is 14.8. The topological polar surface area (TPSA) is 71.2 Å². The van der Waals surface area contributed by atoms with Gasteiger partial charge in [-0.2, -0.15) is 18.2 Å². The lowest BCUT2D eigenvalue weighted by atomic mass is 10.1. The molecule has 0 bridgehead atoms. The Morgan fingerprint density at radius 2 is 1.95 bits per heavy atom. The molecule has 108 valence electrons. The lowest BCUT2D eigenvalue weighted by Crippen LogP contribution is -2.20. The Morgan fingerprint density at radius 1 is 1.30 bits per heavy atom. The second-order valence-electron chi connectivity index (χ2n) is 4.06. The van der Waals surface area contributed by atoms with Crippen LogP contribution in [0.4, 0.5) is 13.2 Å². The van der Waals surface area contributed by atoms with Gasteiger partial charge in [0.1, 0.15) is 6.04 Å². The highest BCUT2D eigenvalue weighted by molar-refractivity contribution is 5.54. The maximum Gasteiger partial charge on any atom is 0.416 e. The van der Waals surface area contributed by atoms with Gasteiger partial charge in [0, 0.05) is 5.56 Å². The van der Waals surface area contributed by atoms with Gasteiger partial charge in [-0.05, 0) is 19.2 Å². The average molecular weight is 287 g/mol. The van der Waals surface area contributed by atoms with Crippen molar-refractivity contribution in [3.8, 4) is 11.4 Å². The number of hydrogen-bond acceptors (Lipinski definition) is 5. The monoisotopic (exact) mass is 287 g/mol. The molecule has 0 saturated heterocycles. The van der Waals surface area contributed by atoms with Crippen LogP contribution < -0.4 is 5.32 Å². The first-order valence-electron chi connectivity index (χ1n) is 5.75. The normalized spacial score (nSPS) is 13.4. The Bertz CT molecular complexity index is 562. The molecule has 2 N–H and O–H groups in total. The Hall–Kier alpha value is -1.93. The number of halogens is 3. The fourth-order valence-electron chi connectivity index (χ4n) is 1.60. The van der Waals surface area contributed by atoms with Gasteiger partial charge in [-0.25, -0.2) is 0 Å². The van der Waals surface area contributed by atoms with E-state index >= 15 is 0 Å². The van der Waals surface area contributed by atoms with Crippen molar-refractivity contribution in [2.75, 3.05) is 13.7 Å². The molecule has 0 unspecified atom stereocenters. The summed E-state index contributed by atoms with van der Waals surface area (Å²) in [7, 11) is 1.61. The number of likely N-dealkylation sites (N-methyl/N-ethyl adjacent to an activating group) is 1. The summed E-state index contributed by atoms with van der Waals surface area (Å²) in [4.78, 5) is 4.03. The van der Waals surface area contributed by atoms with E-state index in [9.17, 15) is 13.2 Å². The van der Waals surface area contributed by atoms with Gasteiger partial charge in [0.2, 0.25) is 11.7 Å². The number of aliphatic hydroxyl groups is 1. The Morgan fingerprint density at radius 3 is 2.45 bits per heavy atom. The summed E-state index contributed by atoms with van der Waals surface area (Å²) in [6.45, 7) is -0.231. The van der Waals surface area contributed by atoms with Crippen molar-refractivity contribution in [1.82, 2.24) is 15.5 Å². The number of nitrogens with one attached hydrogen (secondary N) is 1. The Kier molecular flexibility index (Phi) is 4.05. The molecule has 2 aromatic rings. The minimum Gasteiger partial charge on any atom is -0.394 e. The third-order valence-electron chi connectivity index (χ3n) is 2.74. The SMILES string of the molecule is CN[C@@H](CO)c1nc(-c2ccc(C(F)(F)F)cc2)no1. The van der Waals surface area contributed by atoms with Crippen molar-refractivity contribution < 1.29 is 22.8 Å². The Balaban J connectivity index is 2.24. The summed E-state index contributed by atoms with van der Waals surface area (Å²) in [6, 6.07) is 3.93. The van der Waals surface area contributed by atoms with Gasteiger partial charge in [-0.3, -0.25) is 0 Å². The molecule has 20 heavy (non-hydrogen) atoms. The van der Waals surface area contributed by atoms with Crippen LogP contribution in [0.3, 0.4) is 0 Å². The van der Waals surface area contributed by atoms with E-state index < -0.39 is 17.8 Å². The highest BCUT2D eigenvalue weighted by Crippen LogP contribution is 2.30. The number of aromatic nitrogens is 2. The summed E-state index contributed by atoms with van der Waals surface area (Å²) in [5, 5.41) is 15.5. The van der Waals surface area contributed by atoms with Gasteiger partial charge in [0.25, 0.3) is 0 Å². The molecule has 1 aromatic carbocycles. The van der Waals surface area contributed by atoms with Crippen molar-refractivity contribution in [2.45, 2.75) is 12.2 Å². The standard InChI is InChI=1S/C12H12F3N3O2/c1-16-9(6-19)11-17-10(18-20-11)7-2-4-8(5-3-7)12(13,14)15/h2-5,9,16,19H,6H2,1H3/t9-/m0/s1. The molecule has 0 fully saturated rings. The maximum absolute atomic E-state index is 12.4. The highest BCUT2D eigenvalue weighted by atomic mass is 19.4. The predicted molar refractivity (Wildman–Crippen MR) is 63.6 cm³/mol. The van der Waals surface area contributed by atoms with Gasteiger partial charge in [0.15, 0.2) is 0 Å². The van der Waals surface area contributed by atoms with E-state index in [0.717, 1.165) is 12.1 Å². The fraction of sp³-hybridized carbons (Fsp3) is 0.333. The molecule has 5 nitrogen and oxygen atoms in total. The van der Waals surface area contributed by atoms with E-state index in [2.05, 4.69) is 15.5 Å². The van der Waals surface area contributed by atoms with Crippen molar-refractivity contribution >= 4 is 0 Å². The molecule has 1 atom stereocenters. The van der Waals surface area contributed by atoms with Gasteiger partial charge < -0.3 is 14.9 Å². The third kappa shape index (κ3) is 2.97. The van der Waals surface area contributed by atoms with Crippen LogP contribution in [0, 0.1) is 0 Å². The van der Waals surface area contributed by atoms with Crippen molar-refractivity contribution in [3.05, 3.63) is 35.7 Å². The number of rotatable bonds is 4. The molecule has 1 aromatic heterocycles. The summed E-state index contributed by atoms with van der Waals surface area (Å²) in [5.74, 6) is 0.340. The molecule has 2 rings (SSSR count). The van der Waals surface area contributed by atoms with Crippen LogP contribution in [0.1, 0.15) is 17.5 Å². The zero-order valence-corrected chi connectivity index (χ0v) is 10.5. The summed E-state index contributed by atoms with van der Waals surface area (Å²) in [6.07, 6.45) is -4.38. The van der Waals surface area contributed by atoms with E-state index in [1.165, 1.54) is 12.1 Å². The first kappa shape index (κ1) is 14.5. The predicted octanol–water partition coefficient (Wildman–Crippen LogP) is 2.01. The van der Waals surface area contributed by atoms with E-state index in [1.54, 1.807) is 7.05 Å². The van der Waals surface area contributed by atoms with Crippen LogP contribution in [0.15, 0.2) is 28.8 Å². The lowest BCUT2D eigenvalue weighted by molar-refractivity contribution is -0.137. The first-order chi connectivity index (χ1) is 9.45. The second-order valence-corrected chi connectivity index (χ2v) is 4.06. The minimum absolute atomic E-state index is 0.169. The van der Waals surface area contributed by atoms with Gasteiger partial charge in [0.05, 0.1) is 12.2 Å². The van der Waals surface area contributed by atoms with Crippen molar-refractivity contribution in [2.24, 2.45) is 0 Å². The van der Waals surface area contributed by atoms with E-state index in [4.69, 9.17) is 9.63 Å². The number of benzene rings is 1. The van der Waals surface area contributed by atoms with Crippen LogP contribution in [0.25, 0.3) is 11.4 Å². The fourth-order valence-corrected chi connectivity index (χ4v) is 1.60. The molecule has 8 heteroatoms. The molecule has 0 amide bonds. The largest absolute Gasteiger partial charge is 0.416 e. The second kappa shape index (κ2) is 5.59. The maximum atomic E-state index is 12.4. The number of hydrogen-bond donors (Lipinski definition) is 2. The highest BCUT2D eigenvalue weighted by Gasteiger charge is 2.30. The van der Waals surface area contributed by atoms with Gasteiger partial charge in [-0.15, -0.1) is 0 Å². The third-order valence-corrected chi connectivity index (χ3v) is 2.74. The molecular formula is C12H12F3N3O2. The molecule has 0 aliphatic rings. The number of nitrogens with zero attached hydrogens (tertiary/aromatic N) is 2. The van der Waals surface area contributed by atoms with E-state index in [1.807, 2.05) is 0 Å². The van der Waals surface area contributed by atoms with Crippen LogP contribution >= 0.6 is 0 Å². The molecule has 1 heterocycles. The van der Waals surface area contributed by atoms with E-state index in [0.29, 0.717) is 5.56 Å². The van der Waals surface area contributed by atoms with Gasteiger partial charge in [-0.1, -0.05) is 17.3 Å². The van der Waals surface area contributed by atoms with Crippen LogP contribution in [-0.2, 0) is 6.18 Å². The molecule has 0 aliphatic heterocycles. The first-order valence-corrected chi connectivity index (χ1v) is 5.75. The molecule has 0 aliphatic carbocycles. The van der Waals surface area contributed by atoms with Crippen molar-refractivity contribution in [3.63, 3.8) is 0 Å². The molecular weight excluding hydrogens is 275 g/mol. The summed E-state index contributed by atoms with van der Waals surface area (Å²) in [5.41, 5.74) is -0.339. The molecule has 0 radical (unpaired) electrons. The lowest BCUT2D eigenvalue weighted by Gasteiger charge is -2.06. The minimum atomic E-state index is -4.38. The van der Waals surface area contributed by atoms with Crippen LogP contribution in [0.2, 0.25) is 0 Å². The van der Waals surface area contributed by atoms with Crippen LogP contribution in [-0.4, -0.2) is 28.9 Å². The average Bonchev–Trinajstić information content (AvgIpc) is 2.89. The van der Waals surface area contributed by atoms with Gasteiger partial charge >= 0.3 is 6.18 Å². The smallest absolute Gasteiger partial charge is 0.394 e. The number of aliphatic hydroxyl groups excluding tert-OH is 1. The molecule has 0 spiro atoms. The molecule has 0 saturated carbocycles. The summed E-state index contributed by atoms with van der Waals surface area (Å²) >= 11 is 0. The van der Waals surface area contributed by atoms with E-state index in [-0.39, 0.29) is 18.3 Å². The Labute approximate surface area is 112 Å². The number of alkyl halides is 3. The summed E-state index contributed by atoms with van der Waals surface area (Å²) < 4.78 is 42.3. The van der Waals surface area contributed by atoms with Crippen LogP contribution in [0.5, 0.6) is 0 Å². The quantitative estimate of drug-likeness (QED) is 0.900. The zero-order valence-electron chi connectivity index (χ0n) is 10.5. The van der Waals surface area contributed by atoms with Crippen molar-refractivity contribution in [1.29, 1.82) is 0 Å².